The van der Waals surface area contributed by atoms with Crippen molar-refractivity contribution in [1.29, 1.82) is 0 Å². The molecule has 2 heterocycles. The first-order valence-corrected chi connectivity index (χ1v) is 9.70. The summed E-state index contributed by atoms with van der Waals surface area (Å²) in [5, 5.41) is 7.22. The minimum absolute atomic E-state index is 0.424. The smallest absolute Gasteiger partial charge is 0.119 e. The number of hydrogen-bond acceptors (Lipinski definition) is 3. The van der Waals surface area contributed by atoms with Crippen LogP contribution in [0.2, 0.25) is 15.1 Å². The number of nitrogens with zero attached hydrogens (tertiary/aromatic N) is 4. The topological polar surface area (TPSA) is 35.6 Å². The summed E-state index contributed by atoms with van der Waals surface area (Å²) < 4.78 is 3.94. The van der Waals surface area contributed by atoms with E-state index in [1.54, 1.807) is 36.4 Å². The zero-order valence-electron chi connectivity index (χ0n) is 13.1. The first-order valence-electron chi connectivity index (χ1n) is 7.34. The van der Waals surface area contributed by atoms with E-state index in [-0.39, 0.29) is 0 Å². The average Bonchev–Trinajstić information content (AvgIpc) is 3.18. The molecule has 0 aliphatic rings. The van der Waals surface area contributed by atoms with Crippen molar-refractivity contribution in [3.63, 3.8) is 0 Å². The fourth-order valence-corrected chi connectivity index (χ4v) is 3.89. The van der Waals surface area contributed by atoms with Gasteiger partial charge in [-0.2, -0.15) is 5.10 Å². The van der Waals surface area contributed by atoms with Gasteiger partial charge in [-0.25, -0.2) is 4.98 Å². The Morgan fingerprint density at radius 1 is 1.12 bits per heavy atom. The lowest BCUT2D eigenvalue weighted by Crippen LogP contribution is -2.01. The molecular formula is C16H15Cl3N4S. The summed E-state index contributed by atoms with van der Waals surface area (Å²) in [6, 6.07) is 3.41. The predicted molar refractivity (Wildman–Crippen MR) is 102 cm³/mol. The lowest BCUT2D eigenvalue weighted by atomic mass is 10.1. The van der Waals surface area contributed by atoms with Gasteiger partial charge in [0, 0.05) is 24.5 Å². The second kappa shape index (κ2) is 7.40. The van der Waals surface area contributed by atoms with E-state index in [0.717, 1.165) is 34.9 Å². The number of aromatic nitrogens is 4. The van der Waals surface area contributed by atoms with Crippen LogP contribution < -0.4 is 0 Å². The van der Waals surface area contributed by atoms with Gasteiger partial charge in [0.1, 0.15) is 16.4 Å². The molecule has 0 atom stereocenters. The average molecular weight is 402 g/mol. The van der Waals surface area contributed by atoms with Crippen LogP contribution in [0.25, 0.3) is 16.9 Å². The summed E-state index contributed by atoms with van der Waals surface area (Å²) >= 11 is 20.3. The Hall–Kier alpha value is -1.14. The number of imidazole rings is 1. The third-order valence-electron chi connectivity index (χ3n) is 3.54. The second-order valence-electron chi connectivity index (χ2n) is 5.15. The summed E-state index contributed by atoms with van der Waals surface area (Å²) in [5.74, 6) is 0. The van der Waals surface area contributed by atoms with E-state index in [9.17, 15) is 0 Å². The van der Waals surface area contributed by atoms with E-state index in [2.05, 4.69) is 11.9 Å². The number of hydrogen-bond donors (Lipinski definition) is 0. The van der Waals surface area contributed by atoms with E-state index < -0.39 is 0 Å². The van der Waals surface area contributed by atoms with Crippen LogP contribution in [0.1, 0.15) is 13.3 Å². The van der Waals surface area contributed by atoms with Crippen molar-refractivity contribution in [1.82, 2.24) is 19.3 Å². The van der Waals surface area contributed by atoms with Crippen LogP contribution >= 0.6 is 46.6 Å². The van der Waals surface area contributed by atoms with Crippen molar-refractivity contribution in [3.05, 3.63) is 45.9 Å². The molecule has 0 aliphatic heterocycles. The Bertz CT molecular complexity index is 859. The monoisotopic (exact) mass is 400 g/mol. The Balaban J connectivity index is 2.29. The first-order chi connectivity index (χ1) is 11.6. The molecule has 0 unspecified atom stereocenters. The predicted octanol–water partition coefficient (Wildman–Crippen LogP) is 5.83. The summed E-state index contributed by atoms with van der Waals surface area (Å²) in [4.78, 5) is 4.15. The molecule has 2 aromatic heterocycles. The van der Waals surface area contributed by atoms with Crippen molar-refractivity contribution in [2.75, 3.05) is 6.26 Å². The normalized spacial score (nSPS) is 11.2. The van der Waals surface area contributed by atoms with E-state index in [1.807, 2.05) is 21.7 Å². The van der Waals surface area contributed by atoms with Gasteiger partial charge < -0.3 is 4.57 Å². The summed E-state index contributed by atoms with van der Waals surface area (Å²) in [6.07, 6.45) is 8.39. The maximum atomic E-state index is 6.43. The largest absolute Gasteiger partial charge is 0.302 e. The highest BCUT2D eigenvalue weighted by Crippen LogP contribution is 2.40. The molecule has 126 valence electrons. The molecular weight excluding hydrogens is 387 g/mol. The minimum Gasteiger partial charge on any atom is -0.302 e. The molecule has 24 heavy (non-hydrogen) atoms. The van der Waals surface area contributed by atoms with E-state index >= 15 is 0 Å². The highest BCUT2D eigenvalue weighted by molar-refractivity contribution is 7.98. The number of benzene rings is 1. The molecule has 1 aromatic carbocycles. The molecule has 3 aromatic rings. The van der Waals surface area contributed by atoms with Gasteiger partial charge in [-0.1, -0.05) is 41.7 Å². The second-order valence-corrected chi connectivity index (χ2v) is 7.16. The first kappa shape index (κ1) is 17.7. The molecule has 3 rings (SSSR count). The Kier molecular flexibility index (Phi) is 5.45. The van der Waals surface area contributed by atoms with Crippen LogP contribution in [-0.4, -0.2) is 25.6 Å². The van der Waals surface area contributed by atoms with Gasteiger partial charge in [0.2, 0.25) is 0 Å². The molecule has 0 spiro atoms. The van der Waals surface area contributed by atoms with Crippen LogP contribution in [0.3, 0.4) is 0 Å². The number of halogens is 3. The quantitative estimate of drug-likeness (QED) is 0.398. The van der Waals surface area contributed by atoms with Crippen molar-refractivity contribution >= 4 is 46.6 Å². The zero-order valence-corrected chi connectivity index (χ0v) is 16.2. The van der Waals surface area contributed by atoms with Gasteiger partial charge >= 0.3 is 0 Å². The molecule has 0 bridgehead atoms. The third kappa shape index (κ3) is 3.18. The molecule has 4 nitrogen and oxygen atoms in total. The molecule has 0 saturated carbocycles. The maximum absolute atomic E-state index is 6.43. The fraction of sp³-hybridized carbons (Fsp3) is 0.250. The van der Waals surface area contributed by atoms with Crippen LogP contribution in [0.4, 0.5) is 0 Å². The van der Waals surface area contributed by atoms with E-state index in [0.29, 0.717) is 15.1 Å². The fourth-order valence-electron chi connectivity index (χ4n) is 2.51. The minimum atomic E-state index is 0.424. The van der Waals surface area contributed by atoms with Gasteiger partial charge in [0.25, 0.3) is 0 Å². The van der Waals surface area contributed by atoms with Gasteiger partial charge in [-0.3, -0.25) is 4.68 Å². The van der Waals surface area contributed by atoms with Crippen molar-refractivity contribution in [3.8, 4) is 16.9 Å². The summed E-state index contributed by atoms with van der Waals surface area (Å²) in [6.45, 7) is 2.94. The van der Waals surface area contributed by atoms with E-state index in [1.165, 1.54) is 0 Å². The van der Waals surface area contributed by atoms with Gasteiger partial charge in [-0.15, -0.1) is 11.8 Å². The number of rotatable bonds is 5. The van der Waals surface area contributed by atoms with Crippen molar-refractivity contribution in [2.24, 2.45) is 0 Å². The van der Waals surface area contributed by atoms with Gasteiger partial charge in [0.15, 0.2) is 0 Å². The molecule has 0 saturated heterocycles. The summed E-state index contributed by atoms with van der Waals surface area (Å²) in [7, 11) is 0. The Morgan fingerprint density at radius 2 is 1.88 bits per heavy atom. The van der Waals surface area contributed by atoms with E-state index in [4.69, 9.17) is 39.9 Å². The zero-order chi connectivity index (χ0) is 17.3. The molecule has 0 fully saturated rings. The van der Waals surface area contributed by atoms with Crippen molar-refractivity contribution < 1.29 is 0 Å². The SMILES string of the molecule is CCCn1nc(-c2cc(Cl)c(Cl)cc2Cl)c(-n2ccnc2)c1SC. The summed E-state index contributed by atoms with van der Waals surface area (Å²) in [5.41, 5.74) is 2.45. The highest BCUT2D eigenvalue weighted by Gasteiger charge is 2.22. The molecule has 0 amide bonds. The van der Waals surface area contributed by atoms with Gasteiger partial charge in [-0.05, 0) is 24.8 Å². The number of thioether (sulfide) groups is 1. The van der Waals surface area contributed by atoms with Crippen molar-refractivity contribution in [2.45, 2.75) is 24.9 Å². The molecule has 0 radical (unpaired) electrons. The maximum Gasteiger partial charge on any atom is 0.119 e. The van der Waals surface area contributed by atoms with Crippen LogP contribution in [0.15, 0.2) is 35.9 Å². The van der Waals surface area contributed by atoms with Crippen LogP contribution in [0, 0.1) is 0 Å². The molecule has 0 aliphatic carbocycles. The highest BCUT2D eigenvalue weighted by atomic mass is 35.5. The van der Waals surface area contributed by atoms with Crippen LogP contribution in [-0.2, 0) is 6.54 Å². The van der Waals surface area contributed by atoms with Crippen LogP contribution in [0.5, 0.6) is 0 Å². The molecule has 8 heteroatoms. The lowest BCUT2D eigenvalue weighted by molar-refractivity contribution is 0.559. The molecule has 0 N–H and O–H groups in total. The standard InChI is InChI=1S/C16H15Cl3N4S/c1-3-5-23-16(24-2)15(22-6-4-20-9-22)14(21-23)10-7-12(18)13(19)8-11(10)17/h4,6-9H,3,5H2,1-2H3. The Labute approximate surface area is 159 Å². The Morgan fingerprint density at radius 3 is 2.50 bits per heavy atom. The van der Waals surface area contributed by atoms with Gasteiger partial charge in [0.05, 0.1) is 21.4 Å². The lowest BCUT2D eigenvalue weighted by Gasteiger charge is -2.08. The third-order valence-corrected chi connectivity index (χ3v) is 5.36. The number of aryl methyl sites for hydroxylation is 1.